The number of hydrogen-bond acceptors (Lipinski definition) is 2. The summed E-state index contributed by atoms with van der Waals surface area (Å²) >= 11 is 0. The largest absolute Gasteiger partial charge is 0.341 e. The van der Waals surface area contributed by atoms with Gasteiger partial charge in [0.05, 0.1) is 6.42 Å². The van der Waals surface area contributed by atoms with Crippen molar-refractivity contribution in [1.29, 1.82) is 0 Å². The van der Waals surface area contributed by atoms with Gasteiger partial charge in [-0.15, -0.1) is 0 Å². The lowest BCUT2D eigenvalue weighted by Gasteiger charge is -2.25. The zero-order valence-corrected chi connectivity index (χ0v) is 17.5. The number of urea groups is 1. The number of rotatable bonds is 4. The van der Waals surface area contributed by atoms with Crippen LogP contribution >= 0.6 is 0 Å². The number of hydrogen-bond donors (Lipinski definition) is 1. The molecule has 0 aliphatic carbocycles. The molecule has 1 heterocycles. The highest BCUT2D eigenvalue weighted by atomic mass is 16.2. The molecule has 0 atom stereocenters. The molecule has 150 valence electrons. The predicted octanol–water partition coefficient (Wildman–Crippen LogP) is 3.64. The van der Waals surface area contributed by atoms with E-state index in [1.165, 1.54) is 5.56 Å². The third kappa shape index (κ3) is 6.89. The molecule has 3 amide bonds. The summed E-state index contributed by atoms with van der Waals surface area (Å²) in [5.41, 5.74) is 2.40. The van der Waals surface area contributed by atoms with Crippen molar-refractivity contribution in [3.05, 3.63) is 35.4 Å². The second-order valence-electron chi connectivity index (χ2n) is 9.01. The van der Waals surface area contributed by atoms with Gasteiger partial charge in [0, 0.05) is 32.7 Å². The van der Waals surface area contributed by atoms with Gasteiger partial charge in [0.2, 0.25) is 5.91 Å². The van der Waals surface area contributed by atoms with E-state index in [1.807, 2.05) is 9.80 Å². The average molecular weight is 374 g/mol. The molecular weight excluding hydrogens is 338 g/mol. The van der Waals surface area contributed by atoms with E-state index in [0.29, 0.717) is 45.1 Å². The van der Waals surface area contributed by atoms with Crippen molar-refractivity contribution in [2.75, 3.05) is 32.7 Å². The van der Waals surface area contributed by atoms with E-state index in [-0.39, 0.29) is 17.4 Å². The molecule has 2 rings (SSSR count). The Kier molecular flexibility index (Phi) is 7.28. The van der Waals surface area contributed by atoms with Crippen LogP contribution in [-0.4, -0.2) is 54.5 Å². The predicted molar refractivity (Wildman–Crippen MR) is 110 cm³/mol. The second kappa shape index (κ2) is 9.25. The summed E-state index contributed by atoms with van der Waals surface area (Å²) in [4.78, 5) is 28.8. The maximum absolute atomic E-state index is 12.7. The molecule has 0 bridgehead atoms. The lowest BCUT2D eigenvalue weighted by Crippen LogP contribution is -2.45. The summed E-state index contributed by atoms with van der Waals surface area (Å²) in [6.45, 7) is 13.9. The Labute approximate surface area is 164 Å². The Morgan fingerprint density at radius 3 is 2.19 bits per heavy atom. The molecule has 0 radical (unpaired) electrons. The molecule has 0 unspecified atom stereocenters. The normalized spacial score (nSPS) is 15.6. The number of benzene rings is 1. The summed E-state index contributed by atoms with van der Waals surface area (Å²) in [5.74, 6) is 0.639. The van der Waals surface area contributed by atoms with Gasteiger partial charge in [0.15, 0.2) is 0 Å². The van der Waals surface area contributed by atoms with Crippen molar-refractivity contribution in [3.8, 4) is 0 Å². The SMILES string of the molecule is CC(C)c1ccc(CC(=O)N2CCCN(C(=O)NCC(C)(C)C)CC2)cc1. The van der Waals surface area contributed by atoms with Crippen molar-refractivity contribution in [1.82, 2.24) is 15.1 Å². The molecule has 1 aliphatic heterocycles. The van der Waals surface area contributed by atoms with Crippen LogP contribution in [0.4, 0.5) is 4.79 Å². The van der Waals surface area contributed by atoms with Gasteiger partial charge < -0.3 is 15.1 Å². The van der Waals surface area contributed by atoms with Gasteiger partial charge in [-0.3, -0.25) is 4.79 Å². The van der Waals surface area contributed by atoms with Crippen LogP contribution in [0.3, 0.4) is 0 Å². The average Bonchev–Trinajstić information content (AvgIpc) is 2.85. The fraction of sp³-hybridized carbons (Fsp3) is 0.636. The van der Waals surface area contributed by atoms with Crippen LogP contribution in [0.2, 0.25) is 0 Å². The third-order valence-corrected chi connectivity index (χ3v) is 4.91. The van der Waals surface area contributed by atoms with E-state index in [2.05, 4.69) is 64.2 Å². The van der Waals surface area contributed by atoms with Gasteiger partial charge in [-0.05, 0) is 28.9 Å². The molecule has 1 fully saturated rings. The summed E-state index contributed by atoms with van der Waals surface area (Å²) in [5, 5.41) is 3.00. The van der Waals surface area contributed by atoms with Crippen molar-refractivity contribution in [3.63, 3.8) is 0 Å². The van der Waals surface area contributed by atoms with E-state index >= 15 is 0 Å². The van der Waals surface area contributed by atoms with Crippen LogP contribution in [0.15, 0.2) is 24.3 Å². The molecule has 5 nitrogen and oxygen atoms in total. The van der Waals surface area contributed by atoms with Crippen molar-refractivity contribution in [2.45, 2.75) is 53.4 Å². The van der Waals surface area contributed by atoms with E-state index < -0.39 is 0 Å². The van der Waals surface area contributed by atoms with Crippen molar-refractivity contribution < 1.29 is 9.59 Å². The number of nitrogens with one attached hydrogen (secondary N) is 1. The fourth-order valence-corrected chi connectivity index (χ4v) is 3.13. The second-order valence-corrected chi connectivity index (χ2v) is 9.01. The zero-order chi connectivity index (χ0) is 20.0. The first-order valence-corrected chi connectivity index (χ1v) is 10.0. The number of amides is 3. The maximum atomic E-state index is 12.7. The molecule has 0 saturated carbocycles. The highest BCUT2D eigenvalue weighted by molar-refractivity contribution is 5.79. The van der Waals surface area contributed by atoms with Crippen molar-refractivity contribution in [2.24, 2.45) is 5.41 Å². The van der Waals surface area contributed by atoms with Gasteiger partial charge in [0.1, 0.15) is 0 Å². The Morgan fingerprint density at radius 1 is 1.00 bits per heavy atom. The summed E-state index contributed by atoms with van der Waals surface area (Å²) in [7, 11) is 0. The molecule has 5 heteroatoms. The van der Waals surface area contributed by atoms with E-state index in [0.717, 1.165) is 12.0 Å². The lowest BCUT2D eigenvalue weighted by atomic mass is 9.97. The fourth-order valence-electron chi connectivity index (χ4n) is 3.13. The first-order chi connectivity index (χ1) is 12.7. The minimum absolute atomic E-state index is 0.0245. The Balaban J connectivity index is 1.85. The number of carbonyl (C=O) groups is 2. The van der Waals surface area contributed by atoms with Gasteiger partial charge >= 0.3 is 6.03 Å². The van der Waals surface area contributed by atoms with E-state index in [9.17, 15) is 9.59 Å². The first-order valence-electron chi connectivity index (χ1n) is 10.0. The molecule has 1 aliphatic rings. The Morgan fingerprint density at radius 2 is 1.59 bits per heavy atom. The lowest BCUT2D eigenvalue weighted by molar-refractivity contribution is -0.130. The van der Waals surface area contributed by atoms with Crippen LogP contribution in [0, 0.1) is 5.41 Å². The Bertz CT molecular complexity index is 632. The maximum Gasteiger partial charge on any atom is 0.317 e. The number of nitrogens with zero attached hydrogens (tertiary/aromatic N) is 2. The summed E-state index contributed by atoms with van der Waals surface area (Å²) in [6, 6.07) is 8.30. The third-order valence-electron chi connectivity index (χ3n) is 4.91. The van der Waals surface area contributed by atoms with Gasteiger partial charge in [-0.2, -0.15) is 0 Å². The highest BCUT2D eigenvalue weighted by Crippen LogP contribution is 2.16. The molecular formula is C22H35N3O2. The highest BCUT2D eigenvalue weighted by Gasteiger charge is 2.23. The van der Waals surface area contributed by atoms with Gasteiger partial charge in [-0.25, -0.2) is 4.79 Å². The van der Waals surface area contributed by atoms with E-state index in [4.69, 9.17) is 0 Å². The monoisotopic (exact) mass is 373 g/mol. The van der Waals surface area contributed by atoms with Crippen molar-refractivity contribution >= 4 is 11.9 Å². The van der Waals surface area contributed by atoms with Crippen LogP contribution in [0.1, 0.15) is 58.1 Å². The van der Waals surface area contributed by atoms with E-state index in [1.54, 1.807) is 0 Å². The molecule has 1 saturated heterocycles. The molecule has 0 aromatic heterocycles. The van der Waals surface area contributed by atoms with Gasteiger partial charge in [-0.1, -0.05) is 58.9 Å². The number of carbonyl (C=O) groups excluding carboxylic acids is 2. The minimum atomic E-state index is -0.0245. The molecule has 1 aromatic carbocycles. The summed E-state index contributed by atoms with van der Waals surface area (Å²) < 4.78 is 0. The van der Waals surface area contributed by atoms with Gasteiger partial charge in [0.25, 0.3) is 0 Å². The van der Waals surface area contributed by atoms with Crippen LogP contribution in [0.25, 0.3) is 0 Å². The quantitative estimate of drug-likeness (QED) is 0.876. The minimum Gasteiger partial charge on any atom is -0.341 e. The molecule has 1 aromatic rings. The molecule has 27 heavy (non-hydrogen) atoms. The topological polar surface area (TPSA) is 52.7 Å². The zero-order valence-electron chi connectivity index (χ0n) is 17.5. The standard InChI is InChI=1S/C22H35N3O2/c1-17(2)19-9-7-18(8-10-19)15-20(26)24-11-6-12-25(14-13-24)21(27)23-16-22(3,4)5/h7-10,17H,6,11-16H2,1-5H3,(H,23,27). The molecule has 0 spiro atoms. The molecule has 1 N–H and O–H groups in total. The van der Waals surface area contributed by atoms with Crippen LogP contribution in [0.5, 0.6) is 0 Å². The Hall–Kier alpha value is -2.04. The van der Waals surface area contributed by atoms with Crippen LogP contribution in [-0.2, 0) is 11.2 Å². The summed E-state index contributed by atoms with van der Waals surface area (Å²) in [6.07, 6.45) is 1.25. The van der Waals surface area contributed by atoms with Crippen LogP contribution < -0.4 is 5.32 Å². The smallest absolute Gasteiger partial charge is 0.317 e. The first kappa shape index (κ1) is 21.3.